The predicted molar refractivity (Wildman–Crippen MR) is 83.8 cm³/mol. The highest BCUT2D eigenvalue weighted by Crippen LogP contribution is 2.28. The van der Waals surface area contributed by atoms with E-state index < -0.39 is 5.97 Å². The van der Waals surface area contributed by atoms with Gasteiger partial charge in [0.2, 0.25) is 0 Å². The zero-order valence-electron chi connectivity index (χ0n) is 12.2. The number of carbonyl (C=O) groups excluding carboxylic acids is 1. The topological polar surface area (TPSA) is 78.9 Å². The Morgan fingerprint density at radius 3 is 2.62 bits per heavy atom. The van der Waals surface area contributed by atoms with Crippen molar-refractivity contribution in [3.8, 4) is 5.75 Å². The van der Waals surface area contributed by atoms with Gasteiger partial charge in [0.05, 0.1) is 19.2 Å². The average molecular weight is 359 g/mol. The van der Waals surface area contributed by atoms with Crippen LogP contribution in [0.15, 0.2) is 22.7 Å². The van der Waals surface area contributed by atoms with Crippen LogP contribution < -0.4 is 10.1 Å². The van der Waals surface area contributed by atoms with Gasteiger partial charge >= 0.3 is 12.0 Å². The maximum absolute atomic E-state index is 12.3. The van der Waals surface area contributed by atoms with Gasteiger partial charge in [0.15, 0.2) is 0 Å². The smallest absolute Gasteiger partial charge is 0.322 e. The van der Waals surface area contributed by atoms with Gasteiger partial charge in [-0.2, -0.15) is 0 Å². The molecule has 0 heterocycles. The predicted octanol–water partition coefficient (Wildman–Crippen LogP) is 3.17. The lowest BCUT2D eigenvalue weighted by Crippen LogP contribution is -2.41. The van der Waals surface area contributed by atoms with Crippen LogP contribution in [0.3, 0.4) is 0 Å². The van der Waals surface area contributed by atoms with Crippen LogP contribution in [0.25, 0.3) is 0 Å². The number of methoxy groups -OCH3 is 1. The fourth-order valence-corrected chi connectivity index (χ4v) is 2.14. The van der Waals surface area contributed by atoms with Crippen molar-refractivity contribution < 1.29 is 19.4 Å². The normalized spacial score (nSPS) is 10.3. The number of nitrogens with one attached hydrogen (secondary N) is 1. The van der Waals surface area contributed by atoms with Crippen molar-refractivity contribution in [3.05, 3.63) is 22.7 Å². The average Bonchev–Trinajstić information content (AvgIpc) is 2.38. The Kier molecular flexibility index (Phi) is 6.48. The number of hydrogen-bond acceptors (Lipinski definition) is 3. The number of rotatable bonds is 6. The second-order valence-corrected chi connectivity index (χ2v) is 5.62. The SMILES string of the molecule is COc1ccc(Br)cc1NC(=O)N(CCC(=O)O)C(C)C. The van der Waals surface area contributed by atoms with E-state index in [0.717, 1.165) is 4.47 Å². The number of aliphatic carboxylic acids is 1. The lowest BCUT2D eigenvalue weighted by molar-refractivity contribution is -0.137. The Morgan fingerprint density at radius 2 is 2.10 bits per heavy atom. The molecule has 6 nitrogen and oxygen atoms in total. The molecule has 0 radical (unpaired) electrons. The summed E-state index contributed by atoms with van der Waals surface area (Å²) in [7, 11) is 1.52. The molecule has 0 spiro atoms. The molecule has 0 aliphatic heterocycles. The molecule has 1 aromatic rings. The second kappa shape index (κ2) is 7.87. The zero-order valence-corrected chi connectivity index (χ0v) is 13.8. The van der Waals surface area contributed by atoms with E-state index in [1.165, 1.54) is 12.0 Å². The second-order valence-electron chi connectivity index (χ2n) is 4.71. The zero-order chi connectivity index (χ0) is 16.0. The highest BCUT2D eigenvalue weighted by Gasteiger charge is 2.19. The molecule has 1 rings (SSSR count). The Balaban J connectivity index is 2.86. The minimum Gasteiger partial charge on any atom is -0.495 e. The maximum atomic E-state index is 12.3. The van der Waals surface area contributed by atoms with E-state index >= 15 is 0 Å². The van der Waals surface area contributed by atoms with Gasteiger partial charge in [-0.05, 0) is 32.0 Å². The Labute approximate surface area is 132 Å². The summed E-state index contributed by atoms with van der Waals surface area (Å²) in [6.45, 7) is 3.81. The van der Waals surface area contributed by atoms with E-state index in [9.17, 15) is 9.59 Å². The van der Waals surface area contributed by atoms with Gasteiger partial charge < -0.3 is 20.1 Å². The number of hydrogen-bond donors (Lipinski definition) is 2. The molecule has 1 aromatic carbocycles. The number of carboxylic acids is 1. The molecule has 21 heavy (non-hydrogen) atoms. The number of nitrogens with zero attached hydrogens (tertiary/aromatic N) is 1. The summed E-state index contributed by atoms with van der Waals surface area (Å²) in [6.07, 6.45) is -0.0960. The van der Waals surface area contributed by atoms with Crippen LogP contribution in [-0.4, -0.2) is 41.7 Å². The first-order chi connectivity index (χ1) is 9.85. The molecule has 116 valence electrons. The molecule has 0 aliphatic carbocycles. The van der Waals surface area contributed by atoms with Crippen molar-refractivity contribution in [2.45, 2.75) is 26.3 Å². The van der Waals surface area contributed by atoms with Crippen molar-refractivity contribution in [1.82, 2.24) is 4.90 Å². The van der Waals surface area contributed by atoms with E-state index in [2.05, 4.69) is 21.2 Å². The molecule has 0 saturated heterocycles. The molecule has 0 aliphatic rings. The van der Waals surface area contributed by atoms with E-state index in [4.69, 9.17) is 9.84 Å². The van der Waals surface area contributed by atoms with Crippen molar-refractivity contribution in [2.24, 2.45) is 0 Å². The Hall–Kier alpha value is -1.76. The Morgan fingerprint density at radius 1 is 1.43 bits per heavy atom. The number of benzene rings is 1. The Bertz CT molecular complexity index is 520. The van der Waals surface area contributed by atoms with Crippen molar-refractivity contribution in [3.63, 3.8) is 0 Å². The van der Waals surface area contributed by atoms with Gasteiger partial charge in [-0.15, -0.1) is 0 Å². The largest absolute Gasteiger partial charge is 0.495 e. The summed E-state index contributed by atoms with van der Waals surface area (Å²) >= 11 is 3.33. The number of amides is 2. The first-order valence-electron chi connectivity index (χ1n) is 6.48. The van der Waals surface area contributed by atoms with E-state index in [0.29, 0.717) is 11.4 Å². The first kappa shape index (κ1) is 17.3. The molecule has 0 aromatic heterocycles. The van der Waals surface area contributed by atoms with Crippen molar-refractivity contribution in [2.75, 3.05) is 19.0 Å². The summed E-state index contributed by atoms with van der Waals surface area (Å²) in [5.74, 6) is -0.401. The molecule has 2 amide bonds. The van der Waals surface area contributed by atoms with E-state index in [1.54, 1.807) is 18.2 Å². The third-order valence-electron chi connectivity index (χ3n) is 2.85. The van der Waals surface area contributed by atoms with Gasteiger partial charge in [-0.1, -0.05) is 15.9 Å². The van der Waals surface area contributed by atoms with Crippen molar-refractivity contribution in [1.29, 1.82) is 0 Å². The highest BCUT2D eigenvalue weighted by atomic mass is 79.9. The lowest BCUT2D eigenvalue weighted by atomic mass is 10.2. The van der Waals surface area contributed by atoms with Gasteiger partial charge in [-0.3, -0.25) is 4.79 Å². The fraction of sp³-hybridized carbons (Fsp3) is 0.429. The number of halogens is 1. The molecule has 2 N–H and O–H groups in total. The third-order valence-corrected chi connectivity index (χ3v) is 3.35. The van der Waals surface area contributed by atoms with Gasteiger partial charge in [0, 0.05) is 17.1 Å². The summed E-state index contributed by atoms with van der Waals surface area (Å²) in [6, 6.07) is 4.80. The van der Waals surface area contributed by atoms with Crippen molar-refractivity contribution >= 4 is 33.6 Å². The summed E-state index contributed by atoms with van der Waals surface area (Å²) in [5.41, 5.74) is 0.526. The standard InChI is InChI=1S/C14H19BrN2O4/c1-9(2)17(7-6-13(18)19)14(20)16-11-8-10(15)4-5-12(11)21-3/h4-5,8-9H,6-7H2,1-3H3,(H,16,20)(H,18,19). The number of ether oxygens (including phenoxy) is 1. The van der Waals surface area contributed by atoms with Crippen LogP contribution in [0.2, 0.25) is 0 Å². The monoisotopic (exact) mass is 358 g/mol. The van der Waals surface area contributed by atoms with Crippen LogP contribution in [0.1, 0.15) is 20.3 Å². The van der Waals surface area contributed by atoms with Crippen LogP contribution in [0.4, 0.5) is 10.5 Å². The quantitative estimate of drug-likeness (QED) is 0.818. The molecule has 7 heteroatoms. The number of urea groups is 1. The number of anilines is 1. The minimum absolute atomic E-state index is 0.0960. The van der Waals surface area contributed by atoms with Crippen LogP contribution in [-0.2, 0) is 4.79 Å². The van der Waals surface area contributed by atoms with Crippen LogP contribution in [0, 0.1) is 0 Å². The van der Waals surface area contributed by atoms with Crippen LogP contribution in [0.5, 0.6) is 5.75 Å². The molecule has 0 saturated carbocycles. The summed E-state index contributed by atoms with van der Waals surface area (Å²) < 4.78 is 6.00. The molecule has 0 atom stereocenters. The molecular weight excluding hydrogens is 340 g/mol. The molecule has 0 fully saturated rings. The minimum atomic E-state index is -0.937. The summed E-state index contributed by atoms with van der Waals surface area (Å²) in [5, 5.41) is 11.5. The van der Waals surface area contributed by atoms with Crippen LogP contribution >= 0.6 is 15.9 Å². The van der Waals surface area contributed by atoms with Gasteiger partial charge in [-0.25, -0.2) is 4.79 Å². The number of carbonyl (C=O) groups is 2. The third kappa shape index (κ3) is 5.26. The fourth-order valence-electron chi connectivity index (χ4n) is 1.78. The highest BCUT2D eigenvalue weighted by molar-refractivity contribution is 9.10. The first-order valence-corrected chi connectivity index (χ1v) is 7.27. The molecule has 0 bridgehead atoms. The van der Waals surface area contributed by atoms with E-state index in [-0.39, 0.29) is 25.0 Å². The van der Waals surface area contributed by atoms with Gasteiger partial charge in [0.25, 0.3) is 0 Å². The lowest BCUT2D eigenvalue weighted by Gasteiger charge is -2.26. The number of carboxylic acid groups (broad SMARTS) is 1. The summed E-state index contributed by atoms with van der Waals surface area (Å²) in [4.78, 5) is 24.4. The molecule has 0 unspecified atom stereocenters. The van der Waals surface area contributed by atoms with Gasteiger partial charge in [0.1, 0.15) is 5.75 Å². The maximum Gasteiger partial charge on any atom is 0.322 e. The molecular formula is C14H19BrN2O4. The van der Waals surface area contributed by atoms with E-state index in [1.807, 2.05) is 13.8 Å².